The summed E-state index contributed by atoms with van der Waals surface area (Å²) < 4.78 is 0. The smallest absolute Gasteiger partial charge is 0.0623 e. The molecule has 2 nitrogen and oxygen atoms in total. The van der Waals surface area contributed by atoms with Gasteiger partial charge in [0.25, 0.3) is 0 Å². The molecule has 2 unspecified atom stereocenters. The third-order valence-corrected chi connectivity index (χ3v) is 4.07. The normalized spacial score (nSPS) is 19.7. The Hall–Kier alpha value is -0.570. The van der Waals surface area contributed by atoms with Crippen LogP contribution >= 0.6 is 11.6 Å². The molecule has 0 spiro atoms. The molecule has 17 heavy (non-hydrogen) atoms. The van der Waals surface area contributed by atoms with Gasteiger partial charge >= 0.3 is 0 Å². The summed E-state index contributed by atoms with van der Waals surface area (Å²) in [7, 11) is 0. The molecule has 0 aromatic heterocycles. The monoisotopic (exact) mass is 253 g/mol. The van der Waals surface area contributed by atoms with E-state index in [1.54, 1.807) is 0 Å². The van der Waals surface area contributed by atoms with Crippen LogP contribution in [0.15, 0.2) is 24.3 Å². The van der Waals surface area contributed by atoms with Crippen molar-refractivity contribution in [2.24, 2.45) is 11.7 Å². The van der Waals surface area contributed by atoms with Gasteiger partial charge in [0.15, 0.2) is 0 Å². The molecular formula is C14H20ClNO. The molecular weight excluding hydrogens is 234 g/mol. The Labute approximate surface area is 108 Å². The van der Waals surface area contributed by atoms with E-state index < -0.39 is 0 Å². The highest BCUT2D eigenvalue weighted by Crippen LogP contribution is 2.34. The van der Waals surface area contributed by atoms with Gasteiger partial charge < -0.3 is 10.8 Å². The molecule has 0 aliphatic heterocycles. The Morgan fingerprint density at radius 1 is 1.29 bits per heavy atom. The lowest BCUT2D eigenvalue weighted by molar-refractivity contribution is 0.0951. The molecule has 1 aromatic carbocycles. The van der Waals surface area contributed by atoms with E-state index in [9.17, 15) is 5.11 Å². The van der Waals surface area contributed by atoms with Crippen molar-refractivity contribution in [2.75, 3.05) is 6.54 Å². The third kappa shape index (κ3) is 3.21. The van der Waals surface area contributed by atoms with Crippen molar-refractivity contribution in [3.05, 3.63) is 34.9 Å². The van der Waals surface area contributed by atoms with Crippen LogP contribution in [0.3, 0.4) is 0 Å². The summed E-state index contributed by atoms with van der Waals surface area (Å²) in [6.07, 6.45) is 4.38. The fraction of sp³-hybridized carbons (Fsp3) is 0.571. The first kappa shape index (κ1) is 12.9. The quantitative estimate of drug-likeness (QED) is 0.848. The average Bonchev–Trinajstić information content (AvgIpc) is 2.27. The molecule has 0 saturated heterocycles. The molecule has 2 rings (SSSR count). The van der Waals surface area contributed by atoms with Crippen LogP contribution in [0.4, 0.5) is 0 Å². The highest BCUT2D eigenvalue weighted by molar-refractivity contribution is 6.30. The Morgan fingerprint density at radius 3 is 2.41 bits per heavy atom. The lowest BCUT2D eigenvalue weighted by atomic mass is 9.78. The van der Waals surface area contributed by atoms with Gasteiger partial charge in [-0.05, 0) is 30.0 Å². The van der Waals surface area contributed by atoms with Gasteiger partial charge in [-0.25, -0.2) is 0 Å². The van der Waals surface area contributed by atoms with E-state index in [1.165, 1.54) is 19.3 Å². The fourth-order valence-corrected chi connectivity index (χ4v) is 2.59. The van der Waals surface area contributed by atoms with Gasteiger partial charge in [-0.2, -0.15) is 0 Å². The van der Waals surface area contributed by atoms with E-state index in [2.05, 4.69) is 0 Å². The van der Waals surface area contributed by atoms with Crippen LogP contribution in [0.5, 0.6) is 0 Å². The molecule has 0 radical (unpaired) electrons. The number of aliphatic hydroxyl groups is 1. The molecule has 1 aromatic rings. The molecule has 1 aliphatic carbocycles. The maximum Gasteiger partial charge on any atom is 0.0623 e. The van der Waals surface area contributed by atoms with Crippen molar-refractivity contribution in [1.29, 1.82) is 0 Å². The van der Waals surface area contributed by atoms with Gasteiger partial charge in [0.05, 0.1) is 6.10 Å². The third-order valence-electron chi connectivity index (χ3n) is 3.82. The highest BCUT2D eigenvalue weighted by Gasteiger charge is 2.26. The first-order chi connectivity index (χ1) is 8.20. The Morgan fingerprint density at radius 2 is 1.94 bits per heavy atom. The van der Waals surface area contributed by atoms with Gasteiger partial charge in [0, 0.05) is 17.5 Å². The van der Waals surface area contributed by atoms with Crippen LogP contribution < -0.4 is 5.73 Å². The molecule has 1 fully saturated rings. The molecule has 0 heterocycles. The largest absolute Gasteiger partial charge is 0.392 e. The highest BCUT2D eigenvalue weighted by atomic mass is 35.5. The molecule has 2 atom stereocenters. The second kappa shape index (κ2) is 5.85. The van der Waals surface area contributed by atoms with Gasteiger partial charge in [-0.1, -0.05) is 43.0 Å². The SMILES string of the molecule is NCC(c1ccc(Cl)cc1)C(O)CC1CCC1. The van der Waals surface area contributed by atoms with Crippen LogP contribution in [0.1, 0.15) is 37.2 Å². The van der Waals surface area contributed by atoms with Crippen molar-refractivity contribution in [3.63, 3.8) is 0 Å². The fourth-order valence-electron chi connectivity index (χ4n) is 2.46. The Balaban J connectivity index is 2.00. The summed E-state index contributed by atoms with van der Waals surface area (Å²) in [6.45, 7) is 0.482. The van der Waals surface area contributed by atoms with Crippen molar-refractivity contribution < 1.29 is 5.11 Å². The van der Waals surface area contributed by atoms with E-state index in [0.29, 0.717) is 12.5 Å². The molecule has 0 amide bonds. The Bertz CT molecular complexity index is 348. The van der Waals surface area contributed by atoms with E-state index in [1.807, 2.05) is 24.3 Å². The topological polar surface area (TPSA) is 46.2 Å². The molecule has 1 saturated carbocycles. The summed E-state index contributed by atoms with van der Waals surface area (Å²) in [5, 5.41) is 11.0. The zero-order valence-electron chi connectivity index (χ0n) is 9.98. The summed E-state index contributed by atoms with van der Waals surface area (Å²) in [5.74, 6) is 0.735. The van der Waals surface area contributed by atoms with Crippen LogP contribution in [-0.4, -0.2) is 17.8 Å². The Kier molecular flexibility index (Phi) is 4.43. The number of hydrogen-bond acceptors (Lipinski definition) is 2. The first-order valence-corrected chi connectivity index (χ1v) is 6.72. The number of aliphatic hydroxyl groups excluding tert-OH is 1. The predicted molar refractivity (Wildman–Crippen MR) is 71.2 cm³/mol. The second-order valence-electron chi connectivity index (χ2n) is 4.99. The van der Waals surface area contributed by atoms with Crippen LogP contribution in [-0.2, 0) is 0 Å². The molecule has 0 bridgehead atoms. The van der Waals surface area contributed by atoms with Crippen molar-refractivity contribution >= 4 is 11.6 Å². The average molecular weight is 254 g/mol. The van der Waals surface area contributed by atoms with Crippen LogP contribution in [0.25, 0.3) is 0 Å². The summed E-state index contributed by atoms with van der Waals surface area (Å²) in [6, 6.07) is 7.64. The van der Waals surface area contributed by atoms with E-state index in [4.69, 9.17) is 17.3 Å². The van der Waals surface area contributed by atoms with E-state index in [0.717, 1.165) is 17.0 Å². The molecule has 94 valence electrons. The standard InChI is InChI=1S/C14H20ClNO/c15-12-6-4-11(5-7-12)13(9-16)14(17)8-10-2-1-3-10/h4-7,10,13-14,17H,1-3,8-9,16H2. The van der Waals surface area contributed by atoms with Crippen molar-refractivity contribution in [2.45, 2.75) is 37.7 Å². The number of rotatable bonds is 5. The van der Waals surface area contributed by atoms with Crippen LogP contribution in [0, 0.1) is 5.92 Å². The maximum absolute atomic E-state index is 10.3. The lowest BCUT2D eigenvalue weighted by Crippen LogP contribution is -2.29. The van der Waals surface area contributed by atoms with Gasteiger partial charge in [0.1, 0.15) is 0 Å². The number of nitrogens with two attached hydrogens (primary N) is 1. The van der Waals surface area contributed by atoms with Crippen molar-refractivity contribution in [1.82, 2.24) is 0 Å². The molecule has 3 heteroatoms. The van der Waals surface area contributed by atoms with Crippen LogP contribution in [0.2, 0.25) is 5.02 Å². The minimum Gasteiger partial charge on any atom is -0.392 e. The number of halogens is 1. The zero-order chi connectivity index (χ0) is 12.3. The summed E-state index contributed by atoms with van der Waals surface area (Å²) >= 11 is 5.86. The minimum absolute atomic E-state index is 0.0351. The molecule has 3 N–H and O–H groups in total. The maximum atomic E-state index is 10.3. The van der Waals surface area contributed by atoms with Gasteiger partial charge in [-0.15, -0.1) is 0 Å². The van der Waals surface area contributed by atoms with Gasteiger partial charge in [-0.3, -0.25) is 0 Å². The first-order valence-electron chi connectivity index (χ1n) is 6.34. The number of benzene rings is 1. The predicted octanol–water partition coefficient (Wildman–Crippen LogP) is 2.93. The van der Waals surface area contributed by atoms with Gasteiger partial charge in [0.2, 0.25) is 0 Å². The number of hydrogen-bond donors (Lipinski definition) is 2. The van der Waals surface area contributed by atoms with E-state index >= 15 is 0 Å². The zero-order valence-corrected chi connectivity index (χ0v) is 10.7. The second-order valence-corrected chi connectivity index (χ2v) is 5.43. The van der Waals surface area contributed by atoms with Crippen molar-refractivity contribution in [3.8, 4) is 0 Å². The van der Waals surface area contributed by atoms with E-state index in [-0.39, 0.29) is 12.0 Å². The summed E-state index contributed by atoms with van der Waals surface area (Å²) in [5.41, 5.74) is 6.87. The molecule has 1 aliphatic rings. The lowest BCUT2D eigenvalue weighted by Gasteiger charge is -2.31. The summed E-state index contributed by atoms with van der Waals surface area (Å²) in [4.78, 5) is 0. The minimum atomic E-state index is -0.327.